The molecule has 1 aliphatic rings. The Kier molecular flexibility index (Phi) is 6.24. The van der Waals surface area contributed by atoms with Crippen molar-refractivity contribution in [1.29, 1.82) is 0 Å². The van der Waals surface area contributed by atoms with Gasteiger partial charge < -0.3 is 14.4 Å². The van der Waals surface area contributed by atoms with Crippen molar-refractivity contribution in [3.05, 3.63) is 22.8 Å². The van der Waals surface area contributed by atoms with Gasteiger partial charge >= 0.3 is 6.09 Å². The molecular formula is C16H24BrN3O3. The van der Waals surface area contributed by atoms with E-state index in [1.165, 1.54) is 0 Å². The van der Waals surface area contributed by atoms with Gasteiger partial charge in [0, 0.05) is 49.5 Å². The summed E-state index contributed by atoms with van der Waals surface area (Å²) in [5, 5.41) is 0. The van der Waals surface area contributed by atoms with Gasteiger partial charge in [-0.15, -0.1) is 0 Å². The molecule has 1 amide bonds. The predicted molar refractivity (Wildman–Crippen MR) is 91.7 cm³/mol. The fraction of sp³-hybridized carbons (Fsp3) is 0.625. The van der Waals surface area contributed by atoms with Gasteiger partial charge in [0.1, 0.15) is 12.2 Å². The highest BCUT2D eigenvalue weighted by Gasteiger charge is 2.25. The first kappa shape index (κ1) is 18.0. The number of nitrogens with zero attached hydrogens (tertiary/aromatic N) is 3. The topological polar surface area (TPSA) is 54.9 Å². The van der Waals surface area contributed by atoms with E-state index in [4.69, 9.17) is 9.47 Å². The van der Waals surface area contributed by atoms with E-state index in [9.17, 15) is 4.79 Å². The average molecular weight is 386 g/mol. The van der Waals surface area contributed by atoms with E-state index in [0.717, 1.165) is 24.1 Å². The van der Waals surface area contributed by atoms with Crippen LogP contribution >= 0.6 is 15.9 Å². The zero-order chi connectivity index (χ0) is 16.9. The molecule has 0 bridgehead atoms. The van der Waals surface area contributed by atoms with Crippen molar-refractivity contribution >= 4 is 22.0 Å². The molecule has 0 aliphatic carbocycles. The maximum absolute atomic E-state index is 12.0. The van der Waals surface area contributed by atoms with Crippen molar-refractivity contribution in [3.63, 3.8) is 0 Å². The first-order valence-corrected chi connectivity index (χ1v) is 8.57. The van der Waals surface area contributed by atoms with Gasteiger partial charge in [-0.05, 0) is 42.8 Å². The molecule has 7 heteroatoms. The van der Waals surface area contributed by atoms with Crippen molar-refractivity contribution in [1.82, 2.24) is 14.8 Å². The molecular weight excluding hydrogens is 362 g/mol. The third kappa shape index (κ3) is 6.35. The second-order valence-corrected chi connectivity index (χ2v) is 7.39. The second-order valence-electron chi connectivity index (χ2n) is 6.47. The summed E-state index contributed by atoms with van der Waals surface area (Å²) < 4.78 is 12.0. The lowest BCUT2D eigenvalue weighted by Gasteiger charge is -2.35. The highest BCUT2D eigenvalue weighted by molar-refractivity contribution is 9.10. The second kappa shape index (κ2) is 7.97. The van der Waals surface area contributed by atoms with Gasteiger partial charge in [0.15, 0.2) is 0 Å². The lowest BCUT2D eigenvalue weighted by atomic mass is 10.2. The maximum atomic E-state index is 12.0. The monoisotopic (exact) mass is 385 g/mol. The molecule has 23 heavy (non-hydrogen) atoms. The third-order valence-corrected chi connectivity index (χ3v) is 3.85. The van der Waals surface area contributed by atoms with Crippen LogP contribution in [0.3, 0.4) is 0 Å². The standard InChI is InChI=1S/C16H24BrN3O3/c1-16(2,3)23-15(21)20-8-6-19(7-9-20)10-11-22-14-5-4-13(17)12-18-14/h4-5,12H,6-11H2,1-3H3. The van der Waals surface area contributed by atoms with E-state index in [1.807, 2.05) is 32.9 Å². The highest BCUT2D eigenvalue weighted by Crippen LogP contribution is 2.13. The Morgan fingerprint density at radius 1 is 1.26 bits per heavy atom. The van der Waals surface area contributed by atoms with Gasteiger partial charge in [-0.3, -0.25) is 4.90 Å². The Morgan fingerprint density at radius 2 is 1.96 bits per heavy atom. The number of carbonyl (C=O) groups excluding carboxylic acids is 1. The van der Waals surface area contributed by atoms with Gasteiger partial charge in [0.25, 0.3) is 0 Å². The molecule has 1 aromatic heterocycles. The van der Waals surface area contributed by atoms with Gasteiger partial charge in [-0.25, -0.2) is 9.78 Å². The molecule has 0 saturated carbocycles. The van der Waals surface area contributed by atoms with Crippen LogP contribution < -0.4 is 4.74 Å². The summed E-state index contributed by atoms with van der Waals surface area (Å²) in [5.74, 6) is 0.626. The average Bonchev–Trinajstić information content (AvgIpc) is 2.48. The molecule has 0 unspecified atom stereocenters. The zero-order valence-corrected chi connectivity index (χ0v) is 15.5. The third-order valence-electron chi connectivity index (χ3n) is 3.38. The summed E-state index contributed by atoms with van der Waals surface area (Å²) in [4.78, 5) is 20.2. The minimum atomic E-state index is -0.445. The van der Waals surface area contributed by atoms with E-state index < -0.39 is 5.60 Å². The molecule has 128 valence electrons. The molecule has 1 aliphatic heterocycles. The molecule has 2 rings (SSSR count). The van der Waals surface area contributed by atoms with Crippen LogP contribution in [0.15, 0.2) is 22.8 Å². The van der Waals surface area contributed by atoms with Crippen molar-refractivity contribution < 1.29 is 14.3 Å². The van der Waals surface area contributed by atoms with Crippen LogP contribution in [-0.2, 0) is 4.74 Å². The summed E-state index contributed by atoms with van der Waals surface area (Å²) in [6, 6.07) is 3.74. The Morgan fingerprint density at radius 3 is 2.52 bits per heavy atom. The van der Waals surface area contributed by atoms with E-state index in [0.29, 0.717) is 25.6 Å². The SMILES string of the molecule is CC(C)(C)OC(=O)N1CCN(CCOc2ccc(Br)cn2)CC1. The Bertz CT molecular complexity index is 508. The number of halogens is 1. The van der Waals surface area contributed by atoms with Gasteiger partial charge in [0.05, 0.1) is 0 Å². The number of carbonyl (C=O) groups is 1. The highest BCUT2D eigenvalue weighted by atomic mass is 79.9. The fourth-order valence-electron chi connectivity index (χ4n) is 2.21. The molecule has 0 radical (unpaired) electrons. The lowest BCUT2D eigenvalue weighted by Crippen LogP contribution is -2.50. The van der Waals surface area contributed by atoms with Crippen LogP contribution in [0, 0.1) is 0 Å². The first-order chi connectivity index (χ1) is 10.8. The molecule has 0 spiro atoms. The normalized spacial score (nSPS) is 16.3. The van der Waals surface area contributed by atoms with E-state index >= 15 is 0 Å². The molecule has 1 aromatic rings. The van der Waals surface area contributed by atoms with Crippen LogP contribution in [0.4, 0.5) is 4.79 Å². The molecule has 0 aromatic carbocycles. The van der Waals surface area contributed by atoms with Crippen LogP contribution in [0.1, 0.15) is 20.8 Å². The number of hydrogen-bond donors (Lipinski definition) is 0. The van der Waals surface area contributed by atoms with Gasteiger partial charge in [0.2, 0.25) is 5.88 Å². The fourth-order valence-corrected chi connectivity index (χ4v) is 2.44. The molecule has 0 N–H and O–H groups in total. The Labute approximate surface area is 145 Å². The molecule has 1 fully saturated rings. The van der Waals surface area contributed by atoms with Crippen molar-refractivity contribution in [2.24, 2.45) is 0 Å². The Hall–Kier alpha value is -1.34. The molecule has 2 heterocycles. The smallest absolute Gasteiger partial charge is 0.410 e. The quantitative estimate of drug-likeness (QED) is 0.797. The van der Waals surface area contributed by atoms with E-state index in [-0.39, 0.29) is 6.09 Å². The van der Waals surface area contributed by atoms with Crippen molar-refractivity contribution in [2.75, 3.05) is 39.3 Å². The van der Waals surface area contributed by atoms with Crippen LogP contribution in [-0.4, -0.2) is 65.8 Å². The lowest BCUT2D eigenvalue weighted by molar-refractivity contribution is 0.0136. The summed E-state index contributed by atoms with van der Waals surface area (Å²) in [7, 11) is 0. The van der Waals surface area contributed by atoms with Crippen LogP contribution in [0.2, 0.25) is 0 Å². The minimum Gasteiger partial charge on any atom is -0.476 e. The minimum absolute atomic E-state index is 0.229. The summed E-state index contributed by atoms with van der Waals surface area (Å²) in [6.07, 6.45) is 1.49. The molecule has 6 nitrogen and oxygen atoms in total. The van der Waals surface area contributed by atoms with E-state index in [2.05, 4.69) is 25.8 Å². The van der Waals surface area contributed by atoms with Crippen molar-refractivity contribution in [3.8, 4) is 5.88 Å². The summed E-state index contributed by atoms with van der Waals surface area (Å²) >= 11 is 3.34. The summed E-state index contributed by atoms with van der Waals surface area (Å²) in [5.41, 5.74) is -0.445. The molecule has 0 atom stereocenters. The zero-order valence-electron chi connectivity index (χ0n) is 13.9. The number of piperazine rings is 1. The number of rotatable bonds is 4. The summed E-state index contributed by atoms with van der Waals surface area (Å²) in [6.45, 7) is 10.1. The first-order valence-electron chi connectivity index (χ1n) is 7.78. The number of pyridine rings is 1. The predicted octanol–water partition coefficient (Wildman–Crippen LogP) is 2.78. The van der Waals surface area contributed by atoms with Gasteiger partial charge in [-0.2, -0.15) is 0 Å². The van der Waals surface area contributed by atoms with Crippen LogP contribution in [0.25, 0.3) is 0 Å². The largest absolute Gasteiger partial charge is 0.476 e. The number of amides is 1. The number of aromatic nitrogens is 1. The van der Waals surface area contributed by atoms with E-state index in [1.54, 1.807) is 11.1 Å². The van der Waals surface area contributed by atoms with Crippen molar-refractivity contribution in [2.45, 2.75) is 26.4 Å². The maximum Gasteiger partial charge on any atom is 0.410 e. The van der Waals surface area contributed by atoms with Gasteiger partial charge in [-0.1, -0.05) is 0 Å². The number of hydrogen-bond acceptors (Lipinski definition) is 5. The molecule has 1 saturated heterocycles. The Balaban J connectivity index is 1.66. The number of ether oxygens (including phenoxy) is 2. The van der Waals surface area contributed by atoms with Crippen LogP contribution in [0.5, 0.6) is 5.88 Å².